The lowest BCUT2D eigenvalue weighted by Crippen LogP contribution is -2.03. The van der Waals surface area contributed by atoms with E-state index in [0.29, 0.717) is 0 Å². The van der Waals surface area contributed by atoms with Crippen molar-refractivity contribution in [1.29, 1.82) is 0 Å². The topological polar surface area (TPSA) is 17.1 Å². The predicted molar refractivity (Wildman–Crippen MR) is 50.2 cm³/mol. The molecule has 0 aliphatic heterocycles. The van der Waals surface area contributed by atoms with E-state index in [4.69, 9.17) is 11.2 Å². The Balaban J connectivity index is 3.25. The van der Waals surface area contributed by atoms with Gasteiger partial charge in [0, 0.05) is 12.0 Å². The van der Waals surface area contributed by atoms with Gasteiger partial charge in [-0.3, -0.25) is 0 Å². The van der Waals surface area contributed by atoms with Crippen LogP contribution in [0.25, 0.3) is 0 Å². The molecule has 1 rings (SSSR count). The highest BCUT2D eigenvalue weighted by Crippen LogP contribution is 2.46. The second-order valence-corrected chi connectivity index (χ2v) is 6.66. The van der Waals surface area contributed by atoms with Crippen LogP contribution >= 0.6 is 17.7 Å². The maximum atomic E-state index is 11.4. The quantitative estimate of drug-likeness (QED) is 0.620. The molecule has 1 aromatic rings. The molecule has 0 aliphatic rings. The van der Waals surface area contributed by atoms with Gasteiger partial charge in [-0.2, -0.15) is 0 Å². The number of aryl methyl sites for hydroxylation is 1. The molecule has 0 saturated carbocycles. The Kier molecular flexibility index (Phi) is 2.41. The molecule has 0 amide bonds. The summed E-state index contributed by atoms with van der Waals surface area (Å²) in [4.78, 5) is 0. The van der Waals surface area contributed by atoms with Gasteiger partial charge in [0.25, 0.3) is 0 Å². The monoisotopic (exact) mass is 188 g/mol. The van der Waals surface area contributed by atoms with Crippen molar-refractivity contribution in [3.63, 3.8) is 0 Å². The van der Waals surface area contributed by atoms with Crippen LogP contribution in [0.2, 0.25) is 0 Å². The number of hydrogen-bond acceptors (Lipinski definition) is 1. The number of hydrogen-bond donors (Lipinski definition) is 0. The maximum Gasteiger partial charge on any atom is 0.194 e. The third-order valence-electron chi connectivity index (χ3n) is 1.55. The third-order valence-corrected chi connectivity index (χ3v) is 3.45. The maximum absolute atomic E-state index is 11.4. The van der Waals surface area contributed by atoms with Crippen molar-refractivity contribution in [2.24, 2.45) is 0 Å². The van der Waals surface area contributed by atoms with E-state index in [0.717, 1.165) is 10.9 Å². The van der Waals surface area contributed by atoms with Crippen molar-refractivity contribution in [3.05, 3.63) is 29.8 Å². The molecule has 0 radical (unpaired) electrons. The molecule has 0 bridgehead atoms. The summed E-state index contributed by atoms with van der Waals surface area (Å²) >= 11 is 5.72. The first-order chi connectivity index (χ1) is 5.02. The molecule has 60 valence electrons. The summed E-state index contributed by atoms with van der Waals surface area (Å²) in [5.41, 5.74) is 0.994. The smallest absolute Gasteiger partial charge is 0.194 e. The minimum Gasteiger partial charge on any atom is -0.302 e. The van der Waals surface area contributed by atoms with Crippen LogP contribution in [0, 0.1) is 6.92 Å². The van der Waals surface area contributed by atoms with Gasteiger partial charge < -0.3 is 4.57 Å². The normalized spacial score (nSPS) is 15.9. The van der Waals surface area contributed by atoms with Gasteiger partial charge in [-0.25, -0.2) is 0 Å². The number of halogens is 1. The lowest BCUT2D eigenvalue weighted by atomic mass is 10.2. The molecule has 0 spiro atoms. The van der Waals surface area contributed by atoms with Crippen LogP contribution in [0.1, 0.15) is 5.56 Å². The molecule has 3 heteroatoms. The van der Waals surface area contributed by atoms with E-state index >= 15 is 0 Å². The highest BCUT2D eigenvalue weighted by atomic mass is 35.7. The molecule has 1 nitrogen and oxygen atoms in total. The van der Waals surface area contributed by atoms with E-state index in [1.165, 1.54) is 0 Å². The minimum atomic E-state index is -2.58. The van der Waals surface area contributed by atoms with Gasteiger partial charge in [0.15, 0.2) is 6.49 Å². The van der Waals surface area contributed by atoms with Crippen LogP contribution in [-0.4, -0.2) is 6.66 Å². The van der Waals surface area contributed by atoms with E-state index in [9.17, 15) is 4.57 Å². The van der Waals surface area contributed by atoms with Gasteiger partial charge >= 0.3 is 0 Å². The first-order valence-corrected chi connectivity index (χ1v) is 6.41. The lowest BCUT2D eigenvalue weighted by Gasteiger charge is -2.06. The fourth-order valence-electron chi connectivity index (χ4n) is 1.01. The third kappa shape index (κ3) is 2.08. The highest BCUT2D eigenvalue weighted by molar-refractivity contribution is 7.94. The fraction of sp³-hybridized carbons (Fsp3) is 0.250. The molecule has 0 aliphatic carbocycles. The summed E-state index contributed by atoms with van der Waals surface area (Å²) in [6.45, 7) is 0.893. The van der Waals surface area contributed by atoms with Gasteiger partial charge in [0.2, 0.25) is 0 Å². The van der Waals surface area contributed by atoms with E-state index in [1.54, 1.807) is 6.66 Å². The molecule has 1 atom stereocenters. The van der Waals surface area contributed by atoms with Crippen LogP contribution < -0.4 is 5.30 Å². The van der Waals surface area contributed by atoms with E-state index in [-0.39, 0.29) is 0 Å². The molecular formula is C8H10ClOP. The molecule has 11 heavy (non-hydrogen) atoms. The summed E-state index contributed by atoms with van der Waals surface area (Å²) in [6, 6.07) is 7.48. The summed E-state index contributed by atoms with van der Waals surface area (Å²) in [5, 5.41) is 0.765. The van der Waals surface area contributed by atoms with Crippen molar-refractivity contribution in [2.75, 3.05) is 6.66 Å². The molecule has 1 aromatic carbocycles. The largest absolute Gasteiger partial charge is 0.302 e. The Morgan fingerprint density at radius 1 is 1.36 bits per heavy atom. The molecule has 0 fully saturated rings. The highest BCUT2D eigenvalue weighted by Gasteiger charge is 2.15. The predicted octanol–water partition coefficient (Wildman–Crippen LogP) is 2.77. The summed E-state index contributed by atoms with van der Waals surface area (Å²) < 4.78 is 11.4. The van der Waals surface area contributed by atoms with Gasteiger partial charge in [-0.05, 0) is 23.7 Å². The fourth-order valence-corrected chi connectivity index (χ4v) is 2.64. The Bertz CT molecular complexity index is 303. The first kappa shape index (κ1) is 8.83. The van der Waals surface area contributed by atoms with Crippen molar-refractivity contribution in [1.82, 2.24) is 0 Å². The van der Waals surface area contributed by atoms with Gasteiger partial charge in [-0.15, -0.1) is 0 Å². The second-order valence-electron chi connectivity index (χ2n) is 2.61. The average Bonchev–Trinajstić information content (AvgIpc) is 1.86. The number of rotatable bonds is 1. The van der Waals surface area contributed by atoms with Gasteiger partial charge in [-0.1, -0.05) is 24.3 Å². The molecule has 1 unspecified atom stereocenters. The molecule has 0 aromatic heterocycles. The van der Waals surface area contributed by atoms with Crippen molar-refractivity contribution >= 4 is 23.0 Å². The zero-order valence-electron chi connectivity index (χ0n) is 6.54. The average molecular weight is 189 g/mol. The van der Waals surface area contributed by atoms with Crippen molar-refractivity contribution in [2.45, 2.75) is 6.92 Å². The second kappa shape index (κ2) is 3.00. The van der Waals surface area contributed by atoms with Gasteiger partial charge in [0.05, 0.1) is 0 Å². The Morgan fingerprint density at radius 2 is 1.91 bits per heavy atom. The SMILES string of the molecule is Cc1ccccc1P(C)(=O)Cl. The van der Waals surface area contributed by atoms with Crippen LogP contribution in [0.4, 0.5) is 0 Å². The Morgan fingerprint density at radius 3 is 2.27 bits per heavy atom. The standard InChI is InChI=1S/C8H10ClOP/c1-7-5-3-4-6-8(7)11(2,9)10/h3-6H,1-2H3. The molecule has 0 heterocycles. The first-order valence-electron chi connectivity index (χ1n) is 3.35. The number of benzene rings is 1. The Labute approximate surface area is 71.5 Å². The minimum absolute atomic E-state index is 0.765. The molecule has 0 saturated heterocycles. The van der Waals surface area contributed by atoms with Gasteiger partial charge in [0.1, 0.15) is 0 Å². The summed E-state index contributed by atoms with van der Waals surface area (Å²) in [5.74, 6) is 0. The van der Waals surface area contributed by atoms with Crippen molar-refractivity contribution in [3.8, 4) is 0 Å². The van der Waals surface area contributed by atoms with E-state index in [1.807, 2.05) is 31.2 Å². The molecular weight excluding hydrogens is 179 g/mol. The van der Waals surface area contributed by atoms with Crippen LogP contribution in [0.3, 0.4) is 0 Å². The lowest BCUT2D eigenvalue weighted by molar-refractivity contribution is 0.593. The van der Waals surface area contributed by atoms with Crippen LogP contribution in [-0.2, 0) is 4.57 Å². The molecule has 0 N–H and O–H groups in total. The van der Waals surface area contributed by atoms with E-state index < -0.39 is 6.49 Å². The van der Waals surface area contributed by atoms with Crippen LogP contribution in [0.15, 0.2) is 24.3 Å². The van der Waals surface area contributed by atoms with Crippen LogP contribution in [0.5, 0.6) is 0 Å². The van der Waals surface area contributed by atoms with E-state index in [2.05, 4.69) is 0 Å². The summed E-state index contributed by atoms with van der Waals surface area (Å²) in [6.07, 6.45) is 0. The zero-order valence-corrected chi connectivity index (χ0v) is 8.19. The Hall–Kier alpha value is -0.260. The van der Waals surface area contributed by atoms with Crippen molar-refractivity contribution < 1.29 is 4.57 Å². The zero-order chi connectivity index (χ0) is 8.48. The summed E-state index contributed by atoms with van der Waals surface area (Å²) in [7, 11) is 0.